The van der Waals surface area contributed by atoms with Gasteiger partial charge in [-0.25, -0.2) is 4.39 Å². The Labute approximate surface area is 143 Å². The van der Waals surface area contributed by atoms with E-state index in [1.165, 1.54) is 38.5 Å². The molecule has 4 saturated carbocycles. The van der Waals surface area contributed by atoms with Crippen molar-refractivity contribution in [2.45, 2.75) is 69.3 Å². The van der Waals surface area contributed by atoms with E-state index in [0.29, 0.717) is 5.41 Å². The van der Waals surface area contributed by atoms with Crippen LogP contribution in [0.3, 0.4) is 0 Å². The Kier molecular flexibility index (Phi) is 4.48. The highest BCUT2D eigenvalue weighted by molar-refractivity contribution is 5.21. The van der Waals surface area contributed by atoms with Gasteiger partial charge in [0.05, 0.1) is 6.04 Å². The second kappa shape index (κ2) is 6.35. The van der Waals surface area contributed by atoms with Crippen molar-refractivity contribution in [2.75, 3.05) is 13.2 Å². The molecule has 0 aliphatic heterocycles. The molecule has 0 saturated heterocycles. The Morgan fingerprint density at radius 1 is 1.00 bits per heavy atom. The Hall–Kier alpha value is -0.490. The molecule has 5 rings (SSSR count). The second-order valence-electron chi connectivity index (χ2n) is 8.95. The molecule has 5 aliphatic rings. The highest BCUT2D eigenvalue weighted by atomic mass is 19.1. The Bertz CT molecular complexity index is 474. The standard InChI is InChI=1S/C19H30FNO3/c20-10-14-6-15(17(23)18(24)16(14)22)21-2-1-19-7-11-3-12(8-19)5-13(4-11)9-19/h6,11-13,15-18,21-24H,1-5,7-10H2/t11?,12?,13?,15-,16+,17+,18+,19?/m1/s1. The lowest BCUT2D eigenvalue weighted by Gasteiger charge is -2.57. The zero-order chi connectivity index (χ0) is 16.9. The Morgan fingerprint density at radius 3 is 2.12 bits per heavy atom. The molecule has 0 radical (unpaired) electrons. The number of halogens is 1. The third kappa shape index (κ3) is 2.94. The molecule has 0 aromatic heterocycles. The van der Waals surface area contributed by atoms with Gasteiger partial charge in [-0.05, 0) is 80.2 Å². The minimum atomic E-state index is -1.32. The second-order valence-corrected chi connectivity index (χ2v) is 8.95. The first kappa shape index (κ1) is 17.0. The number of nitrogens with one attached hydrogen (secondary N) is 1. The van der Waals surface area contributed by atoms with Crippen molar-refractivity contribution in [3.63, 3.8) is 0 Å². The summed E-state index contributed by atoms with van der Waals surface area (Å²) in [6, 6.07) is -0.483. The van der Waals surface area contributed by atoms with Gasteiger partial charge in [-0.1, -0.05) is 6.08 Å². The number of alkyl halides is 1. The number of rotatable bonds is 5. The lowest BCUT2D eigenvalue weighted by Crippen LogP contribution is -2.54. The fourth-order valence-electron chi connectivity index (χ4n) is 6.45. The first-order chi connectivity index (χ1) is 11.5. The summed E-state index contributed by atoms with van der Waals surface area (Å²) in [5.41, 5.74) is 0.631. The molecule has 5 aliphatic carbocycles. The Balaban J connectivity index is 1.36. The molecular weight excluding hydrogens is 309 g/mol. The van der Waals surface area contributed by atoms with Gasteiger partial charge in [0.25, 0.3) is 0 Å². The molecule has 4 N–H and O–H groups in total. The van der Waals surface area contributed by atoms with Crippen LogP contribution in [-0.2, 0) is 0 Å². The van der Waals surface area contributed by atoms with Crippen molar-refractivity contribution in [3.8, 4) is 0 Å². The van der Waals surface area contributed by atoms with Gasteiger partial charge in [0.1, 0.15) is 25.0 Å². The van der Waals surface area contributed by atoms with Crippen LogP contribution >= 0.6 is 0 Å². The van der Waals surface area contributed by atoms with Crippen LogP contribution in [0.1, 0.15) is 44.9 Å². The molecule has 0 heterocycles. The van der Waals surface area contributed by atoms with Gasteiger partial charge in [-0.15, -0.1) is 0 Å². The summed E-state index contributed by atoms with van der Waals surface area (Å²) in [6.45, 7) is -0.0229. The third-order valence-corrected chi connectivity index (χ3v) is 7.17. The maximum atomic E-state index is 13.0. The largest absolute Gasteiger partial charge is 0.388 e. The quantitative estimate of drug-likeness (QED) is 0.574. The summed E-state index contributed by atoms with van der Waals surface area (Å²) < 4.78 is 13.0. The molecule has 0 unspecified atom stereocenters. The average molecular weight is 339 g/mol. The summed E-state index contributed by atoms with van der Waals surface area (Å²) in [6.07, 6.45) is 7.28. The molecule has 4 atom stereocenters. The van der Waals surface area contributed by atoms with E-state index in [2.05, 4.69) is 5.32 Å². The number of aliphatic hydroxyl groups excluding tert-OH is 3. The topological polar surface area (TPSA) is 72.7 Å². The van der Waals surface area contributed by atoms with E-state index in [0.717, 1.165) is 30.7 Å². The monoisotopic (exact) mass is 339 g/mol. The molecule has 4 bridgehead atoms. The third-order valence-electron chi connectivity index (χ3n) is 7.17. The smallest absolute Gasteiger partial charge is 0.113 e. The zero-order valence-electron chi connectivity index (χ0n) is 14.2. The van der Waals surface area contributed by atoms with Crippen LogP contribution in [0.5, 0.6) is 0 Å². The fourth-order valence-corrected chi connectivity index (χ4v) is 6.45. The van der Waals surface area contributed by atoms with Gasteiger partial charge in [0, 0.05) is 0 Å². The minimum Gasteiger partial charge on any atom is -0.388 e. The van der Waals surface area contributed by atoms with Crippen molar-refractivity contribution in [2.24, 2.45) is 23.2 Å². The molecule has 0 aromatic carbocycles. The molecule has 0 spiro atoms. The first-order valence-electron chi connectivity index (χ1n) is 9.54. The van der Waals surface area contributed by atoms with E-state index in [1.807, 2.05) is 0 Å². The van der Waals surface area contributed by atoms with Gasteiger partial charge in [0.15, 0.2) is 0 Å². The van der Waals surface area contributed by atoms with Gasteiger partial charge < -0.3 is 20.6 Å². The maximum Gasteiger partial charge on any atom is 0.113 e. The van der Waals surface area contributed by atoms with E-state index in [1.54, 1.807) is 6.08 Å². The highest BCUT2D eigenvalue weighted by Gasteiger charge is 2.50. The number of aliphatic hydroxyl groups is 3. The average Bonchev–Trinajstić information content (AvgIpc) is 2.53. The number of hydrogen-bond acceptors (Lipinski definition) is 4. The highest BCUT2D eigenvalue weighted by Crippen LogP contribution is 2.61. The Morgan fingerprint density at radius 2 is 1.58 bits per heavy atom. The van der Waals surface area contributed by atoms with Crippen molar-refractivity contribution in [3.05, 3.63) is 11.6 Å². The minimum absolute atomic E-state index is 0.167. The molecule has 0 aromatic rings. The van der Waals surface area contributed by atoms with E-state index < -0.39 is 31.0 Å². The zero-order valence-corrected chi connectivity index (χ0v) is 14.2. The van der Waals surface area contributed by atoms with E-state index >= 15 is 0 Å². The van der Waals surface area contributed by atoms with E-state index in [9.17, 15) is 19.7 Å². The van der Waals surface area contributed by atoms with Gasteiger partial charge in [-0.3, -0.25) is 0 Å². The summed E-state index contributed by atoms with van der Waals surface area (Å²) in [5, 5.41) is 33.1. The van der Waals surface area contributed by atoms with Crippen molar-refractivity contribution in [1.82, 2.24) is 5.32 Å². The molecule has 4 fully saturated rings. The van der Waals surface area contributed by atoms with Crippen LogP contribution < -0.4 is 5.32 Å². The van der Waals surface area contributed by atoms with Crippen LogP contribution in [0.2, 0.25) is 0 Å². The van der Waals surface area contributed by atoms with Crippen molar-refractivity contribution >= 4 is 0 Å². The summed E-state index contributed by atoms with van der Waals surface area (Å²) in [5.74, 6) is 2.77. The van der Waals surface area contributed by atoms with Crippen LogP contribution in [0.15, 0.2) is 11.6 Å². The summed E-state index contributed by atoms with van der Waals surface area (Å²) in [4.78, 5) is 0. The van der Waals surface area contributed by atoms with Gasteiger partial charge in [-0.2, -0.15) is 0 Å². The lowest BCUT2D eigenvalue weighted by molar-refractivity contribution is -0.0680. The summed E-state index contributed by atoms with van der Waals surface area (Å²) in [7, 11) is 0. The summed E-state index contributed by atoms with van der Waals surface area (Å²) >= 11 is 0. The van der Waals surface area contributed by atoms with Crippen LogP contribution in [0.4, 0.5) is 4.39 Å². The normalized spacial score (nSPS) is 50.2. The molecule has 24 heavy (non-hydrogen) atoms. The fraction of sp³-hybridized carbons (Fsp3) is 0.895. The van der Waals surface area contributed by atoms with E-state index in [-0.39, 0.29) is 5.57 Å². The molecule has 5 heteroatoms. The molecule has 136 valence electrons. The van der Waals surface area contributed by atoms with Crippen molar-refractivity contribution in [1.29, 1.82) is 0 Å². The molecule has 4 nitrogen and oxygen atoms in total. The molecular formula is C19H30FNO3. The van der Waals surface area contributed by atoms with E-state index in [4.69, 9.17) is 0 Å². The first-order valence-corrected chi connectivity index (χ1v) is 9.54. The maximum absolute atomic E-state index is 13.0. The molecule has 0 amide bonds. The van der Waals surface area contributed by atoms with Crippen LogP contribution in [0, 0.1) is 23.2 Å². The van der Waals surface area contributed by atoms with Crippen LogP contribution in [0.25, 0.3) is 0 Å². The predicted octanol–water partition coefficient (Wildman–Crippen LogP) is 1.54. The van der Waals surface area contributed by atoms with Gasteiger partial charge >= 0.3 is 0 Å². The SMILES string of the molecule is O[C@@H]1[C@@H](O)[C@@H](O)C(CF)=C[C@H]1NCCC12CC3CC(CC(C3)C1)C2. The lowest BCUT2D eigenvalue weighted by atomic mass is 9.49. The predicted molar refractivity (Wildman–Crippen MR) is 89.1 cm³/mol. The van der Waals surface area contributed by atoms with Crippen molar-refractivity contribution < 1.29 is 19.7 Å². The van der Waals surface area contributed by atoms with Crippen LogP contribution in [-0.4, -0.2) is 52.9 Å². The van der Waals surface area contributed by atoms with Gasteiger partial charge in [0.2, 0.25) is 0 Å². The number of hydrogen-bond donors (Lipinski definition) is 4.